The van der Waals surface area contributed by atoms with Crippen LogP contribution >= 0.6 is 59.0 Å². The van der Waals surface area contributed by atoms with Crippen LogP contribution in [0.3, 0.4) is 0 Å². The Balaban J connectivity index is -0.000000251. The Morgan fingerprint density at radius 1 is 0.327 bits per heavy atom. The van der Waals surface area contributed by atoms with Gasteiger partial charge in [0.05, 0.1) is 58.8 Å². The van der Waals surface area contributed by atoms with Crippen molar-refractivity contribution in [3.05, 3.63) is 158 Å². The maximum absolute atomic E-state index is 12.6. The molecule has 0 radical (unpaired) electrons. The van der Waals surface area contributed by atoms with Crippen LogP contribution in [-0.2, 0) is 133 Å². The monoisotopic (exact) mass is 2290 g/mol. The van der Waals surface area contributed by atoms with Gasteiger partial charge < -0.3 is 121 Å². The summed E-state index contributed by atoms with van der Waals surface area (Å²) in [6.07, 6.45) is -4.31. The smallest absolute Gasteiger partial charge is 0.789 e. The van der Waals surface area contributed by atoms with Crippen LogP contribution in [0.2, 0.25) is 78.6 Å². The van der Waals surface area contributed by atoms with Crippen molar-refractivity contribution in [2.45, 2.75) is 200 Å². The molecule has 0 aliphatic heterocycles. The van der Waals surface area contributed by atoms with Crippen molar-refractivity contribution in [3.8, 4) is 11.5 Å². The number of carbonyl (C=O) groups excluding carboxylic acids is 16. The van der Waals surface area contributed by atoms with E-state index in [1.165, 1.54) is 72.7 Å². The van der Waals surface area contributed by atoms with E-state index in [1.54, 1.807) is 217 Å². The van der Waals surface area contributed by atoms with Crippen LogP contribution < -0.4 is 104 Å². The first-order chi connectivity index (χ1) is 64.8. The van der Waals surface area contributed by atoms with Gasteiger partial charge in [0.1, 0.15) is 32.1 Å². The van der Waals surface area contributed by atoms with Crippen LogP contribution in [0, 0.1) is 10.8 Å². The average molecular weight is 2290 g/mol. The fraction of sp³-hybridized carbons (Fsp3) is 0.463. The van der Waals surface area contributed by atoms with Crippen molar-refractivity contribution in [1.29, 1.82) is 0 Å². The van der Waals surface area contributed by atoms with Crippen LogP contribution in [-0.4, -0.2) is 183 Å². The second kappa shape index (κ2) is 69.5. The Kier molecular flexibility index (Phi) is 73.3. The minimum absolute atomic E-state index is 0. The second-order valence-corrected chi connectivity index (χ2v) is 68.5. The van der Waals surface area contributed by atoms with Gasteiger partial charge in [0.2, 0.25) is 22.1 Å². The average Bonchev–Trinajstić information content (AvgIpc) is 0.781. The van der Waals surface area contributed by atoms with Gasteiger partial charge in [-0.2, -0.15) is 13.2 Å². The quantitative estimate of drug-likeness (QED) is 0.0174. The third-order valence-corrected chi connectivity index (χ3v) is 37.4. The predicted molar refractivity (Wildman–Crippen MR) is 516 cm³/mol. The molecule has 1 unspecified atom stereocenters. The van der Waals surface area contributed by atoms with E-state index in [9.17, 15) is 146 Å². The number of benzene rings is 4. The molecular formula is C82H121F3Li4O46P8Si4. The molecule has 0 saturated heterocycles. The molecule has 147 heavy (non-hydrogen) atoms. The largest absolute Gasteiger partial charge is 1.00 e. The zero-order chi connectivity index (χ0) is 113. The molecular weight excluding hydrogens is 2170 g/mol. The number of halogens is 3. The van der Waals surface area contributed by atoms with E-state index in [1.807, 2.05) is 0 Å². The van der Waals surface area contributed by atoms with Crippen molar-refractivity contribution in [2.75, 3.05) is 40.6 Å². The van der Waals surface area contributed by atoms with Crippen molar-refractivity contribution in [2.24, 2.45) is 10.8 Å². The number of alkyl halides is 3. The summed E-state index contributed by atoms with van der Waals surface area (Å²) in [5.74, 6) is 0.0390. The number of ether oxygens (including phenoxy) is 14. The van der Waals surface area contributed by atoms with Crippen LogP contribution in [0.1, 0.15) is 101 Å². The van der Waals surface area contributed by atoms with Gasteiger partial charge in [-0.15, -0.1) is 0 Å². The minimum atomic E-state index is -5.45. The molecule has 0 fully saturated rings. The van der Waals surface area contributed by atoms with E-state index in [-0.39, 0.29) is 120 Å². The second-order valence-electron chi connectivity index (χ2n) is 34.0. The molecule has 1 atom stereocenters. The maximum Gasteiger partial charge on any atom is 1.00 e. The van der Waals surface area contributed by atoms with Crippen LogP contribution in [0.4, 0.5) is 80.3 Å². The molecule has 0 aromatic heterocycles. The van der Waals surface area contributed by atoms with Crippen molar-refractivity contribution in [3.63, 3.8) is 0 Å². The molecule has 65 heteroatoms. The van der Waals surface area contributed by atoms with E-state index in [4.69, 9.17) is 26.3 Å². The Bertz CT molecular complexity index is 5200. The molecule has 0 spiro atoms. The van der Waals surface area contributed by atoms with E-state index in [0.29, 0.717) is 11.1 Å². The fourth-order valence-electron chi connectivity index (χ4n) is 8.16. The third kappa shape index (κ3) is 60.2. The molecule has 4 aromatic carbocycles. The molecule has 0 heterocycles. The standard InChI is InChI=1S/C16H15O6P.C14H11O6P.C11H23O6PSi.C10H19O4P.C9H19O6PSi.C9H15O6PSi.C7H15O6PSi.C6H8F3O6P.4Li/c17-15(21-11-13-7-3-1-4-8-13)23(19,20)16(18)22-12-14-9-5-2-6-10-14;15-13(19-11-7-3-1-4-8-11)21(17,18)14(16)20-12-9-5-2-6-10-12;1-8(2)15-10(12)18(14,17-19(5,6)7)11(13)16-9(3)4;1-9(2,3)7(11)15(13,14)8(12)10(4,5)6;2*1-6-13-8(10)16(12,9(11)14-7-2)15-17(3,4)5;1-11-6(8)14(10,7(9)12-2)13-15(3,4)5;1-2-14-4(10)16(12,13)5(11)15-3-6(7,8)9;;;;/h1-10H,11-12H2,(H,19,20);1-10H,(H,17,18);8-9H,1-7H3;1-6H3,(H,13,14);6-7H2,1-5H3;6-7H,1-2H2,3-5H3;1-5H3;2-3H2,1H3,(H,12,13);;;;/q;;;;;;;;4*+1/p-4. The SMILES string of the molecule is C=COC(=O)P(=O)(O[Si](C)(C)C)C(=O)OC=C.CC(C)(C)C(=O)P(=O)([O-])C(=O)C(C)(C)C.CC(C)OC(=O)P(=O)(O[Si](C)(C)C)C(=O)OC(C)C.CCOC(=O)P(=O)(O[Si](C)(C)C)C(=O)OCC.CCOC(=O)P(=O)([O-])C(=O)OCC(F)(F)F.COC(=O)P(=O)(O[Si](C)(C)C)C(=O)OC.O=C(OCc1ccccc1)P(=O)([O-])C(=O)OCc1ccccc1.O=C(Oc1ccccc1)P(=O)([O-])C(=O)Oc1ccccc1.[Li+].[Li+].[Li+].[Li+]. The molecule has 0 N–H and O–H groups in total. The normalized spacial score (nSPS) is 11.9. The molecule has 46 nitrogen and oxygen atoms in total. The van der Waals surface area contributed by atoms with E-state index >= 15 is 0 Å². The molecule has 0 aliphatic rings. The zero-order valence-electron chi connectivity index (χ0n) is 87.5. The predicted octanol–water partition coefficient (Wildman–Crippen LogP) is 11.5. The Morgan fingerprint density at radius 3 is 0.769 bits per heavy atom. The van der Waals surface area contributed by atoms with Gasteiger partial charge in [-0.3, -0.25) is 27.8 Å². The molecule has 0 bridgehead atoms. The maximum atomic E-state index is 12.6. The van der Waals surface area contributed by atoms with Gasteiger partial charge >= 0.3 is 191 Å². The number of para-hydroxylation sites is 2. The Morgan fingerprint density at radius 2 is 0.544 bits per heavy atom. The summed E-state index contributed by atoms with van der Waals surface area (Å²) < 4.78 is 212. The Labute approximate surface area is 902 Å². The van der Waals surface area contributed by atoms with Crippen LogP contribution in [0.25, 0.3) is 0 Å². The number of rotatable bonds is 38. The number of hydrogen-bond acceptors (Lipinski definition) is 46. The van der Waals surface area contributed by atoms with E-state index in [2.05, 4.69) is 70.0 Å². The number of carbonyl (C=O) groups is 16. The third-order valence-electron chi connectivity index (χ3n) is 13.7. The van der Waals surface area contributed by atoms with Crippen LogP contribution in [0.15, 0.2) is 147 Å². The van der Waals surface area contributed by atoms with Gasteiger partial charge in [-0.05, 0) is 162 Å². The van der Waals surface area contributed by atoms with E-state index in [0.717, 1.165) is 26.7 Å². The molecule has 4 aromatic rings. The van der Waals surface area contributed by atoms with Crippen molar-refractivity contribution >= 4 is 183 Å². The summed E-state index contributed by atoms with van der Waals surface area (Å²) in [6, 6.07) is 32.2. The first-order valence-corrected chi connectivity index (χ1v) is 68.0. The zero-order valence-corrected chi connectivity index (χ0v) is 98.7. The fourth-order valence-corrected chi connectivity index (χ4v) is 29.5. The molecule has 0 saturated carbocycles. The summed E-state index contributed by atoms with van der Waals surface area (Å²) in [5.41, 5.74) is -23.1. The number of hydrogen-bond donors (Lipinski definition) is 0. The van der Waals surface area contributed by atoms with Crippen LogP contribution in [0.5, 0.6) is 11.5 Å². The first-order valence-electron chi connectivity index (χ1n) is 41.4. The van der Waals surface area contributed by atoms with E-state index < -0.39 is 219 Å². The van der Waals surface area contributed by atoms with Gasteiger partial charge in [-0.1, -0.05) is 152 Å². The first kappa shape index (κ1) is 155. The topological polar surface area (TPSA) is 668 Å². The minimum Gasteiger partial charge on any atom is -0.789 e. The molecule has 0 amide bonds. The summed E-state index contributed by atoms with van der Waals surface area (Å²) >= 11 is 0. The molecule has 0 aliphatic carbocycles. The molecule has 4 rings (SSSR count). The summed E-state index contributed by atoms with van der Waals surface area (Å²) in [7, 11) is -44.8. The summed E-state index contributed by atoms with van der Waals surface area (Å²) in [6.45, 7) is 43.5. The summed E-state index contributed by atoms with van der Waals surface area (Å²) in [4.78, 5) is 229. The molecule has 806 valence electrons. The van der Waals surface area contributed by atoms with Gasteiger partial charge in [-0.25, -0.2) is 67.1 Å². The summed E-state index contributed by atoms with van der Waals surface area (Å²) in [5, 5.41) is 0. The van der Waals surface area contributed by atoms with Gasteiger partial charge in [0.15, 0.2) is 50.9 Å². The van der Waals surface area contributed by atoms with Crippen molar-refractivity contribution < 1.29 is 305 Å². The van der Waals surface area contributed by atoms with Gasteiger partial charge in [0, 0.05) is 10.8 Å². The Hall–Kier alpha value is -7.15. The number of methoxy groups -OCH3 is 2. The van der Waals surface area contributed by atoms with Gasteiger partial charge in [0.25, 0.3) is 0 Å². The van der Waals surface area contributed by atoms with Crippen molar-refractivity contribution in [1.82, 2.24) is 0 Å².